The zero-order valence-electron chi connectivity index (χ0n) is 22.5. The van der Waals surface area contributed by atoms with Crippen LogP contribution in [0, 0.1) is 13.8 Å². The van der Waals surface area contributed by atoms with Crippen LogP contribution in [-0.4, -0.2) is 15.3 Å². The number of rotatable bonds is 5. The van der Waals surface area contributed by atoms with Gasteiger partial charge in [0.1, 0.15) is 11.3 Å². The van der Waals surface area contributed by atoms with E-state index in [2.05, 4.69) is 10.3 Å². The Labute approximate surface area is 236 Å². The Kier molecular flexibility index (Phi) is 5.75. The number of carbonyl (C=O) groups is 1. The van der Waals surface area contributed by atoms with E-state index in [9.17, 15) is 9.59 Å². The van der Waals surface area contributed by atoms with Crippen LogP contribution in [0.3, 0.4) is 0 Å². The number of para-hydroxylation sites is 1. The van der Waals surface area contributed by atoms with Crippen LogP contribution in [0.4, 0.5) is 11.4 Å². The van der Waals surface area contributed by atoms with Crippen LogP contribution in [0.15, 0.2) is 114 Å². The van der Waals surface area contributed by atoms with Gasteiger partial charge in [-0.2, -0.15) is 4.98 Å². The van der Waals surface area contributed by atoms with Crippen molar-refractivity contribution < 1.29 is 9.53 Å². The Bertz CT molecular complexity index is 2030. The van der Waals surface area contributed by atoms with E-state index in [1.54, 1.807) is 6.07 Å². The number of nitrogens with zero attached hydrogens (tertiary/aromatic N) is 2. The molecule has 1 heterocycles. The molecule has 41 heavy (non-hydrogen) atoms. The molecule has 7 rings (SSSR count). The van der Waals surface area contributed by atoms with Crippen LogP contribution in [0.2, 0.25) is 0 Å². The average Bonchev–Trinajstić information content (AvgIpc) is 2.99. The highest BCUT2D eigenvalue weighted by Crippen LogP contribution is 2.46. The third-order valence-corrected chi connectivity index (χ3v) is 7.37. The van der Waals surface area contributed by atoms with Crippen molar-refractivity contribution in [2.75, 3.05) is 5.32 Å². The van der Waals surface area contributed by atoms with Gasteiger partial charge in [-0.25, -0.2) is 4.79 Å². The number of anilines is 2. The van der Waals surface area contributed by atoms with Gasteiger partial charge in [-0.15, -0.1) is 0 Å². The predicted octanol–water partition coefficient (Wildman–Crippen LogP) is 7.75. The van der Waals surface area contributed by atoms with E-state index in [4.69, 9.17) is 4.74 Å². The molecule has 0 amide bonds. The summed E-state index contributed by atoms with van der Waals surface area (Å²) >= 11 is 0. The van der Waals surface area contributed by atoms with Crippen molar-refractivity contribution in [3.8, 4) is 28.4 Å². The van der Waals surface area contributed by atoms with E-state index in [0.29, 0.717) is 56.2 Å². The summed E-state index contributed by atoms with van der Waals surface area (Å²) in [6.07, 6.45) is 0. The van der Waals surface area contributed by atoms with Crippen LogP contribution in [0.25, 0.3) is 27.8 Å². The second kappa shape index (κ2) is 9.61. The van der Waals surface area contributed by atoms with Crippen molar-refractivity contribution in [2.24, 2.45) is 0 Å². The Morgan fingerprint density at radius 2 is 1.37 bits per heavy atom. The molecule has 0 aliphatic heterocycles. The zero-order valence-corrected chi connectivity index (χ0v) is 22.5. The molecule has 6 aromatic rings. The minimum atomic E-state index is -0.457. The lowest BCUT2D eigenvalue weighted by Gasteiger charge is -2.25. The highest BCUT2D eigenvalue weighted by molar-refractivity contribution is 6.28. The molecule has 0 fully saturated rings. The lowest BCUT2D eigenvalue weighted by molar-refractivity contribution is 0.104. The number of aromatic nitrogens is 2. The average molecular weight is 536 g/mol. The number of ketones is 1. The summed E-state index contributed by atoms with van der Waals surface area (Å²) in [5.41, 5.74) is 6.32. The molecule has 6 heteroatoms. The van der Waals surface area contributed by atoms with Gasteiger partial charge in [-0.3, -0.25) is 9.36 Å². The van der Waals surface area contributed by atoms with Gasteiger partial charge in [0, 0.05) is 28.3 Å². The highest BCUT2D eigenvalue weighted by Gasteiger charge is 2.33. The summed E-state index contributed by atoms with van der Waals surface area (Å²) in [6, 6.07) is 34.1. The van der Waals surface area contributed by atoms with E-state index < -0.39 is 5.69 Å². The van der Waals surface area contributed by atoms with Crippen LogP contribution in [0.1, 0.15) is 27.0 Å². The molecule has 0 spiro atoms. The molecule has 1 N–H and O–H groups in total. The summed E-state index contributed by atoms with van der Waals surface area (Å²) in [5.74, 6) is 0.897. The third-order valence-electron chi connectivity index (χ3n) is 7.37. The maximum absolute atomic E-state index is 14.2. The first kappa shape index (κ1) is 24.5. The number of fused-ring (bicyclic) bond motifs is 2. The molecule has 1 aliphatic rings. The monoisotopic (exact) mass is 535 g/mol. The molecule has 198 valence electrons. The van der Waals surface area contributed by atoms with E-state index in [1.165, 1.54) is 4.57 Å². The minimum absolute atomic E-state index is 0.144. The fourth-order valence-corrected chi connectivity index (χ4v) is 5.37. The minimum Gasteiger partial charge on any atom is -0.455 e. The Morgan fingerprint density at radius 3 is 2.07 bits per heavy atom. The van der Waals surface area contributed by atoms with E-state index in [0.717, 1.165) is 16.8 Å². The van der Waals surface area contributed by atoms with Crippen LogP contribution in [0.5, 0.6) is 11.5 Å². The molecule has 0 bridgehead atoms. The number of ether oxygens (including phenoxy) is 1. The van der Waals surface area contributed by atoms with Gasteiger partial charge >= 0.3 is 5.69 Å². The van der Waals surface area contributed by atoms with Crippen LogP contribution < -0.4 is 15.7 Å². The van der Waals surface area contributed by atoms with Crippen molar-refractivity contribution >= 4 is 28.1 Å². The first-order chi connectivity index (χ1) is 20.0. The van der Waals surface area contributed by atoms with Crippen molar-refractivity contribution in [3.05, 3.63) is 142 Å². The summed E-state index contributed by atoms with van der Waals surface area (Å²) in [6.45, 7) is 4.04. The molecule has 6 nitrogen and oxygen atoms in total. The van der Waals surface area contributed by atoms with Gasteiger partial charge in [-0.05, 0) is 50.2 Å². The quantitative estimate of drug-likeness (QED) is 0.244. The largest absolute Gasteiger partial charge is 0.455 e. The molecule has 0 saturated heterocycles. The Morgan fingerprint density at radius 1 is 0.732 bits per heavy atom. The molecule has 1 aliphatic carbocycles. The van der Waals surface area contributed by atoms with Gasteiger partial charge in [0.15, 0.2) is 11.5 Å². The molecule has 0 unspecified atom stereocenters. The van der Waals surface area contributed by atoms with E-state index in [-0.39, 0.29) is 5.78 Å². The van der Waals surface area contributed by atoms with Gasteiger partial charge < -0.3 is 10.1 Å². The van der Waals surface area contributed by atoms with Gasteiger partial charge in [-0.1, -0.05) is 77.9 Å². The number of hydrogen-bond acceptors (Lipinski definition) is 5. The lowest BCUT2D eigenvalue weighted by atomic mass is 9.85. The smallest absolute Gasteiger partial charge is 0.353 e. The molecule has 0 saturated carbocycles. The molecular formula is C35H25N3O3. The topological polar surface area (TPSA) is 73.2 Å². The summed E-state index contributed by atoms with van der Waals surface area (Å²) in [7, 11) is 0. The van der Waals surface area contributed by atoms with Crippen LogP contribution >= 0.6 is 0 Å². The fraction of sp³-hybridized carbons (Fsp3) is 0.0571. The Hall–Kier alpha value is -5.49. The second-order valence-corrected chi connectivity index (χ2v) is 10.2. The number of aryl methyl sites for hydroxylation is 2. The number of benzene rings is 5. The molecule has 5 aromatic carbocycles. The molecule has 1 aromatic heterocycles. The molecule has 0 atom stereocenters. The maximum Gasteiger partial charge on any atom is 0.353 e. The molecule has 0 radical (unpaired) electrons. The second-order valence-electron chi connectivity index (χ2n) is 10.2. The highest BCUT2D eigenvalue weighted by atomic mass is 16.5. The summed E-state index contributed by atoms with van der Waals surface area (Å²) < 4.78 is 8.05. The van der Waals surface area contributed by atoms with Crippen molar-refractivity contribution in [3.63, 3.8) is 0 Å². The van der Waals surface area contributed by atoms with E-state index >= 15 is 0 Å². The third kappa shape index (κ3) is 4.17. The van der Waals surface area contributed by atoms with Gasteiger partial charge in [0.05, 0.1) is 22.6 Å². The maximum atomic E-state index is 14.2. The standard InChI is InChI=1S/C35H25N3O3/c1-21-12-16-23(17-13-21)36-28-20-29(41-25-18-14-22(2)15-19-25)33-31-30(28)34(39)27-11-7-6-10-26(27)32(31)37-35(40)38(33)24-8-4-3-5-9-24/h3-20,36H,1-2H3. The summed E-state index contributed by atoms with van der Waals surface area (Å²) in [5, 5.41) is 4.02. The molecular weight excluding hydrogens is 510 g/mol. The van der Waals surface area contributed by atoms with Crippen molar-refractivity contribution in [1.82, 2.24) is 9.55 Å². The number of hydrogen-bond donors (Lipinski definition) is 1. The Balaban J connectivity index is 1.61. The van der Waals surface area contributed by atoms with Gasteiger partial charge in [0.25, 0.3) is 0 Å². The first-order valence-corrected chi connectivity index (χ1v) is 13.4. The predicted molar refractivity (Wildman–Crippen MR) is 162 cm³/mol. The van der Waals surface area contributed by atoms with Gasteiger partial charge in [0.2, 0.25) is 0 Å². The fourth-order valence-electron chi connectivity index (χ4n) is 5.37. The van der Waals surface area contributed by atoms with Crippen molar-refractivity contribution in [1.29, 1.82) is 0 Å². The number of nitrogens with one attached hydrogen (secondary N) is 1. The summed E-state index contributed by atoms with van der Waals surface area (Å²) in [4.78, 5) is 32.6. The first-order valence-electron chi connectivity index (χ1n) is 13.4. The lowest BCUT2D eigenvalue weighted by Crippen LogP contribution is -2.26. The normalized spacial score (nSPS) is 11.8. The zero-order chi connectivity index (χ0) is 28.1. The van der Waals surface area contributed by atoms with Crippen molar-refractivity contribution in [2.45, 2.75) is 13.8 Å². The van der Waals surface area contributed by atoms with E-state index in [1.807, 2.05) is 117 Å². The number of carbonyl (C=O) groups excluding carboxylic acids is 1. The van der Waals surface area contributed by atoms with Crippen LogP contribution in [-0.2, 0) is 0 Å². The SMILES string of the molecule is Cc1ccc(Nc2cc(Oc3ccc(C)cc3)c3c4c(nc(=O)n3-c3ccccc3)-c3ccccc3C(=O)c24)cc1.